The topological polar surface area (TPSA) is 103 Å². The van der Waals surface area contributed by atoms with Crippen molar-refractivity contribution in [3.05, 3.63) is 57.0 Å². The number of carbonyl (C=O) groups excluding carboxylic acids is 2. The molecule has 0 saturated carbocycles. The maximum Gasteiger partial charge on any atom is 0.338 e. The Hall–Kier alpha value is -3.07. The van der Waals surface area contributed by atoms with Crippen molar-refractivity contribution in [1.82, 2.24) is 14.6 Å². The molecule has 0 radical (unpaired) electrons. The van der Waals surface area contributed by atoms with Crippen molar-refractivity contribution < 1.29 is 14.3 Å². The number of anilines is 1. The maximum absolute atomic E-state index is 12.3. The summed E-state index contributed by atoms with van der Waals surface area (Å²) in [5, 5.41) is 7.75. The van der Waals surface area contributed by atoms with E-state index in [0.29, 0.717) is 21.9 Å². The Morgan fingerprint density at radius 3 is 2.86 bits per heavy atom. The van der Waals surface area contributed by atoms with E-state index in [1.165, 1.54) is 34.9 Å². The van der Waals surface area contributed by atoms with Crippen LogP contribution < -0.4 is 10.9 Å². The second kappa shape index (κ2) is 8.75. The number of hydrogen-bond acceptors (Lipinski definition) is 7. The summed E-state index contributed by atoms with van der Waals surface area (Å²) in [6.45, 7) is 3.35. The SMILES string of the molecule is CCCCc1nn2c(=O)cc(COC(=O)c3cccc(NC(C)=O)c3)nc2s1. The van der Waals surface area contributed by atoms with Crippen molar-refractivity contribution in [2.75, 3.05) is 5.32 Å². The van der Waals surface area contributed by atoms with Crippen LogP contribution in [0.5, 0.6) is 0 Å². The Morgan fingerprint density at radius 1 is 1.29 bits per heavy atom. The predicted octanol–water partition coefficient (Wildman–Crippen LogP) is 2.81. The second-order valence-electron chi connectivity index (χ2n) is 6.22. The molecule has 1 amide bonds. The van der Waals surface area contributed by atoms with E-state index in [2.05, 4.69) is 22.3 Å². The van der Waals surface area contributed by atoms with E-state index in [-0.39, 0.29) is 18.1 Å². The first-order chi connectivity index (χ1) is 13.5. The molecule has 1 N–H and O–H groups in total. The van der Waals surface area contributed by atoms with Gasteiger partial charge in [-0.2, -0.15) is 9.61 Å². The van der Waals surface area contributed by atoms with Gasteiger partial charge in [-0.1, -0.05) is 30.7 Å². The Balaban J connectivity index is 1.71. The first-order valence-corrected chi connectivity index (χ1v) is 9.71. The molecule has 9 heteroatoms. The van der Waals surface area contributed by atoms with Gasteiger partial charge < -0.3 is 10.1 Å². The summed E-state index contributed by atoms with van der Waals surface area (Å²) in [5.74, 6) is -0.798. The van der Waals surface area contributed by atoms with Gasteiger partial charge in [0.15, 0.2) is 0 Å². The first-order valence-electron chi connectivity index (χ1n) is 8.89. The molecular formula is C19H20N4O4S. The van der Waals surface area contributed by atoms with Crippen LogP contribution >= 0.6 is 11.3 Å². The summed E-state index contributed by atoms with van der Waals surface area (Å²) in [6.07, 6.45) is 2.85. The van der Waals surface area contributed by atoms with Crippen LogP contribution in [-0.2, 0) is 22.6 Å². The molecule has 28 heavy (non-hydrogen) atoms. The molecule has 0 bridgehead atoms. The number of aryl methyl sites for hydroxylation is 1. The maximum atomic E-state index is 12.3. The summed E-state index contributed by atoms with van der Waals surface area (Å²) in [6, 6.07) is 7.75. The van der Waals surface area contributed by atoms with E-state index < -0.39 is 5.97 Å². The van der Waals surface area contributed by atoms with Crippen LogP contribution in [0, 0.1) is 0 Å². The number of amides is 1. The third-order valence-corrected chi connectivity index (χ3v) is 4.82. The van der Waals surface area contributed by atoms with Gasteiger partial charge in [0, 0.05) is 25.1 Å². The molecular weight excluding hydrogens is 380 g/mol. The van der Waals surface area contributed by atoms with Gasteiger partial charge in [-0.15, -0.1) is 0 Å². The van der Waals surface area contributed by atoms with Crippen molar-refractivity contribution in [2.24, 2.45) is 0 Å². The second-order valence-corrected chi connectivity index (χ2v) is 7.26. The summed E-state index contributed by atoms with van der Waals surface area (Å²) in [5.41, 5.74) is 0.859. The van der Waals surface area contributed by atoms with Crippen LogP contribution in [0.15, 0.2) is 35.1 Å². The standard InChI is InChI=1S/C19H20N4O4S/c1-3-4-8-16-22-23-17(25)10-15(21-19(23)28-16)11-27-18(26)13-6-5-7-14(9-13)20-12(2)24/h5-7,9-10H,3-4,8,11H2,1-2H3,(H,20,24). The van der Waals surface area contributed by atoms with Gasteiger partial charge in [-0.25, -0.2) is 9.78 Å². The Kier molecular flexibility index (Phi) is 6.15. The summed E-state index contributed by atoms with van der Waals surface area (Å²) >= 11 is 1.36. The number of nitrogens with zero attached hydrogens (tertiary/aromatic N) is 3. The third kappa shape index (κ3) is 4.80. The molecule has 3 rings (SSSR count). The zero-order valence-electron chi connectivity index (χ0n) is 15.6. The minimum Gasteiger partial charge on any atom is -0.456 e. The average Bonchev–Trinajstić information content (AvgIpc) is 3.07. The van der Waals surface area contributed by atoms with E-state index in [4.69, 9.17) is 4.74 Å². The van der Waals surface area contributed by atoms with E-state index in [9.17, 15) is 14.4 Å². The van der Waals surface area contributed by atoms with Crippen LogP contribution in [0.25, 0.3) is 4.96 Å². The van der Waals surface area contributed by atoms with Gasteiger partial charge in [-0.3, -0.25) is 9.59 Å². The molecule has 3 aromatic rings. The molecule has 0 aliphatic heterocycles. The normalized spacial score (nSPS) is 10.8. The van der Waals surface area contributed by atoms with E-state index in [0.717, 1.165) is 24.3 Å². The van der Waals surface area contributed by atoms with Crippen molar-refractivity contribution in [1.29, 1.82) is 0 Å². The van der Waals surface area contributed by atoms with Crippen LogP contribution in [0.1, 0.15) is 47.7 Å². The fourth-order valence-electron chi connectivity index (χ4n) is 2.55. The molecule has 2 heterocycles. The number of fused-ring (bicyclic) bond motifs is 1. The van der Waals surface area contributed by atoms with Crippen molar-refractivity contribution in [2.45, 2.75) is 39.7 Å². The van der Waals surface area contributed by atoms with E-state index >= 15 is 0 Å². The van der Waals surface area contributed by atoms with Crippen LogP contribution in [0.3, 0.4) is 0 Å². The lowest BCUT2D eigenvalue weighted by molar-refractivity contribution is -0.114. The van der Waals surface area contributed by atoms with Gasteiger partial charge in [0.25, 0.3) is 5.56 Å². The van der Waals surface area contributed by atoms with Crippen molar-refractivity contribution >= 4 is 33.9 Å². The molecule has 0 aliphatic carbocycles. The van der Waals surface area contributed by atoms with Gasteiger partial charge in [0.05, 0.1) is 11.3 Å². The zero-order valence-corrected chi connectivity index (χ0v) is 16.4. The van der Waals surface area contributed by atoms with E-state index in [1.807, 2.05) is 0 Å². The summed E-state index contributed by atoms with van der Waals surface area (Å²) in [4.78, 5) is 40.5. The highest BCUT2D eigenvalue weighted by atomic mass is 32.1. The number of benzene rings is 1. The van der Waals surface area contributed by atoms with Crippen LogP contribution in [0.2, 0.25) is 0 Å². The number of esters is 1. The monoisotopic (exact) mass is 400 g/mol. The molecule has 0 atom stereocenters. The molecule has 0 saturated heterocycles. The summed E-state index contributed by atoms with van der Waals surface area (Å²) < 4.78 is 6.55. The quantitative estimate of drug-likeness (QED) is 0.612. The number of hydrogen-bond donors (Lipinski definition) is 1. The van der Waals surface area contributed by atoms with E-state index in [1.54, 1.807) is 18.2 Å². The lowest BCUT2D eigenvalue weighted by Gasteiger charge is -2.06. The van der Waals surface area contributed by atoms with Crippen molar-refractivity contribution in [3.63, 3.8) is 0 Å². The molecule has 2 aromatic heterocycles. The highest BCUT2D eigenvalue weighted by Crippen LogP contribution is 2.15. The molecule has 0 aliphatic rings. The zero-order chi connectivity index (χ0) is 20.1. The number of aromatic nitrogens is 3. The van der Waals surface area contributed by atoms with Crippen LogP contribution in [0.4, 0.5) is 5.69 Å². The molecule has 0 fully saturated rings. The first kappa shape index (κ1) is 19.7. The minimum absolute atomic E-state index is 0.128. The Bertz CT molecular complexity index is 1070. The molecule has 8 nitrogen and oxygen atoms in total. The van der Waals surface area contributed by atoms with Crippen LogP contribution in [-0.4, -0.2) is 26.5 Å². The molecule has 146 valence electrons. The van der Waals surface area contributed by atoms with Gasteiger partial charge in [0.2, 0.25) is 10.9 Å². The smallest absolute Gasteiger partial charge is 0.338 e. The fraction of sp³-hybridized carbons (Fsp3) is 0.316. The highest BCUT2D eigenvalue weighted by Gasteiger charge is 2.12. The Labute approximate surface area is 165 Å². The third-order valence-electron chi connectivity index (χ3n) is 3.85. The van der Waals surface area contributed by atoms with Crippen molar-refractivity contribution in [3.8, 4) is 0 Å². The lowest BCUT2D eigenvalue weighted by atomic mass is 10.2. The predicted molar refractivity (Wildman–Crippen MR) is 106 cm³/mol. The Morgan fingerprint density at radius 2 is 2.11 bits per heavy atom. The largest absolute Gasteiger partial charge is 0.456 e. The van der Waals surface area contributed by atoms with Gasteiger partial charge in [0.1, 0.15) is 11.6 Å². The summed E-state index contributed by atoms with van der Waals surface area (Å²) in [7, 11) is 0. The highest BCUT2D eigenvalue weighted by molar-refractivity contribution is 7.16. The molecule has 1 aromatic carbocycles. The number of carbonyl (C=O) groups is 2. The number of unbranched alkanes of at least 4 members (excludes halogenated alkanes) is 1. The molecule has 0 unspecified atom stereocenters. The lowest BCUT2D eigenvalue weighted by Crippen LogP contribution is -2.16. The minimum atomic E-state index is -0.567. The van der Waals surface area contributed by atoms with Gasteiger partial charge >= 0.3 is 5.97 Å². The fourth-order valence-corrected chi connectivity index (χ4v) is 3.51. The van der Waals surface area contributed by atoms with Gasteiger partial charge in [-0.05, 0) is 24.6 Å². The number of ether oxygens (including phenoxy) is 1. The average molecular weight is 400 g/mol. The number of rotatable bonds is 7. The number of nitrogens with one attached hydrogen (secondary N) is 1. The molecule has 0 spiro atoms.